The Labute approximate surface area is 69.9 Å². The predicted octanol–water partition coefficient (Wildman–Crippen LogP) is -2.60. The van der Waals surface area contributed by atoms with Crippen LogP contribution in [0.3, 0.4) is 0 Å². The number of rotatable bonds is 0. The molecule has 0 saturated carbocycles. The van der Waals surface area contributed by atoms with E-state index in [1.165, 1.54) is 0 Å². The van der Waals surface area contributed by atoms with E-state index in [-0.39, 0.29) is 34.9 Å². The van der Waals surface area contributed by atoms with Crippen LogP contribution in [0.1, 0.15) is 0 Å². The van der Waals surface area contributed by atoms with Gasteiger partial charge in [0.1, 0.15) is 0 Å². The number of halogens is 2. The third-order valence-corrected chi connectivity index (χ3v) is 0. The summed E-state index contributed by atoms with van der Waals surface area (Å²) in [6.07, 6.45) is 0. The van der Waals surface area contributed by atoms with Crippen LogP contribution in [0.15, 0.2) is 0 Å². The van der Waals surface area contributed by atoms with Crippen LogP contribution < -0.4 is 34.7 Å². The average molecular weight is 139 g/mol. The van der Waals surface area contributed by atoms with Crippen molar-refractivity contribution in [2.75, 3.05) is 12.4 Å². The van der Waals surface area contributed by atoms with Gasteiger partial charge in [0.05, 0.1) is 5.34 Å². The van der Waals surface area contributed by atoms with E-state index < -0.39 is 0 Å². The van der Waals surface area contributed by atoms with Crippen molar-refractivity contribution in [3.8, 4) is 0 Å². The van der Waals surface area contributed by atoms with Crippen LogP contribution in [0.25, 0.3) is 0 Å². The predicted molar refractivity (Wildman–Crippen MR) is 22.5 cm³/mol. The molecule has 0 aliphatic carbocycles. The zero-order valence-electron chi connectivity index (χ0n) is 3.87. The van der Waals surface area contributed by atoms with E-state index in [1.807, 2.05) is 0 Å². The van der Waals surface area contributed by atoms with Gasteiger partial charge in [0.15, 0.2) is 0 Å². The first-order valence-corrected chi connectivity index (χ1v) is 2.01. The maximum atomic E-state index is 8.25. The van der Waals surface area contributed by atoms with Gasteiger partial charge in [-0.15, -0.1) is 23.2 Å². The molecule has 0 aromatic carbocycles. The summed E-state index contributed by atoms with van der Waals surface area (Å²) in [6.45, 7) is 0. The van der Waals surface area contributed by atoms with Gasteiger partial charge in [-0.1, -0.05) is 0 Å². The van der Waals surface area contributed by atoms with Gasteiger partial charge in [0, 0.05) is 0 Å². The molecule has 0 amide bonds. The summed E-state index contributed by atoms with van der Waals surface area (Å²) in [5.41, 5.74) is 0. The molecule has 6 heavy (non-hydrogen) atoms. The SMILES string of the molecule is C[O-].ClCCl.[Na+]. The maximum absolute atomic E-state index is 8.25. The average Bonchev–Trinajstić information content (AvgIpc) is 1.46. The van der Waals surface area contributed by atoms with Crippen molar-refractivity contribution in [3.63, 3.8) is 0 Å². The summed E-state index contributed by atoms with van der Waals surface area (Å²) >= 11 is 9.53. The minimum atomic E-state index is 0. The Morgan fingerprint density at radius 1 is 1.33 bits per heavy atom. The first kappa shape index (κ1) is 15.6. The molecule has 0 aromatic heterocycles. The minimum absolute atomic E-state index is 0. The van der Waals surface area contributed by atoms with Crippen LogP contribution in [0.5, 0.6) is 0 Å². The third kappa shape index (κ3) is 48.1. The van der Waals surface area contributed by atoms with Crippen molar-refractivity contribution < 1.29 is 34.7 Å². The molecule has 34 valence electrons. The molecule has 1 nitrogen and oxygen atoms in total. The van der Waals surface area contributed by atoms with Gasteiger partial charge < -0.3 is 5.11 Å². The van der Waals surface area contributed by atoms with Crippen molar-refractivity contribution in [1.82, 2.24) is 0 Å². The second kappa shape index (κ2) is 31.1. The molecule has 0 rings (SSSR count). The monoisotopic (exact) mass is 138 g/mol. The molecule has 0 aliphatic rings. The normalized spacial score (nSPS) is 4.00. The van der Waals surface area contributed by atoms with Crippen molar-refractivity contribution in [1.29, 1.82) is 0 Å². The molecule has 0 spiro atoms. The van der Waals surface area contributed by atoms with Crippen LogP contribution >= 0.6 is 23.2 Å². The Morgan fingerprint density at radius 3 is 1.33 bits per heavy atom. The Morgan fingerprint density at radius 2 is 1.33 bits per heavy atom. The first-order chi connectivity index (χ1) is 2.41. The second-order valence-electron chi connectivity index (χ2n) is 0.101. The van der Waals surface area contributed by atoms with Crippen LogP contribution in [0.2, 0.25) is 0 Å². The summed E-state index contributed by atoms with van der Waals surface area (Å²) in [5.74, 6) is 0. The quantitative estimate of drug-likeness (QED) is 0.266. The molecule has 0 N–H and O–H groups in total. The first-order valence-electron chi connectivity index (χ1n) is 0.943. The van der Waals surface area contributed by atoms with Crippen molar-refractivity contribution in [2.45, 2.75) is 0 Å². The van der Waals surface area contributed by atoms with Crippen LogP contribution in [0, 0.1) is 0 Å². The van der Waals surface area contributed by atoms with E-state index in [0.29, 0.717) is 0 Å². The molecule has 0 unspecified atom stereocenters. The molecular formula is C2H5Cl2NaO. The van der Waals surface area contributed by atoms with Gasteiger partial charge in [0.2, 0.25) is 0 Å². The molecular weight excluding hydrogens is 134 g/mol. The van der Waals surface area contributed by atoms with Crippen molar-refractivity contribution >= 4 is 23.2 Å². The number of hydrogen-bond donors (Lipinski definition) is 0. The summed E-state index contributed by atoms with van der Waals surface area (Å²) in [5, 5.41) is 8.44. The smallest absolute Gasteiger partial charge is 0.857 e. The Hall–Kier alpha value is 1.54. The van der Waals surface area contributed by atoms with E-state index in [9.17, 15) is 0 Å². The fourth-order valence-corrected chi connectivity index (χ4v) is 0. The minimum Gasteiger partial charge on any atom is -0.857 e. The fourth-order valence-electron chi connectivity index (χ4n) is 0. The van der Waals surface area contributed by atoms with Gasteiger partial charge in [0.25, 0.3) is 0 Å². The van der Waals surface area contributed by atoms with Crippen molar-refractivity contribution in [3.05, 3.63) is 0 Å². The maximum Gasteiger partial charge on any atom is 1.00 e. The van der Waals surface area contributed by atoms with Crippen LogP contribution in [-0.4, -0.2) is 12.4 Å². The van der Waals surface area contributed by atoms with E-state index in [0.717, 1.165) is 7.11 Å². The van der Waals surface area contributed by atoms with Gasteiger partial charge in [-0.2, -0.15) is 7.11 Å². The molecule has 0 radical (unpaired) electrons. The summed E-state index contributed by atoms with van der Waals surface area (Å²) in [6, 6.07) is 0. The zero-order chi connectivity index (χ0) is 4.71. The van der Waals surface area contributed by atoms with Gasteiger partial charge >= 0.3 is 29.6 Å². The van der Waals surface area contributed by atoms with Crippen LogP contribution in [0.4, 0.5) is 0 Å². The molecule has 0 atom stereocenters. The summed E-state index contributed by atoms with van der Waals surface area (Å²) in [4.78, 5) is 0. The molecule has 4 heteroatoms. The van der Waals surface area contributed by atoms with E-state index >= 15 is 0 Å². The van der Waals surface area contributed by atoms with E-state index in [2.05, 4.69) is 0 Å². The van der Waals surface area contributed by atoms with E-state index in [1.54, 1.807) is 0 Å². The topological polar surface area (TPSA) is 23.1 Å². The Bertz CT molecular complexity index is 11.5. The summed E-state index contributed by atoms with van der Waals surface area (Å²) in [7, 11) is 0.750. The molecule has 0 heterocycles. The summed E-state index contributed by atoms with van der Waals surface area (Å²) < 4.78 is 0. The van der Waals surface area contributed by atoms with Gasteiger partial charge in [-0.3, -0.25) is 0 Å². The molecule has 0 saturated heterocycles. The van der Waals surface area contributed by atoms with Gasteiger partial charge in [-0.25, -0.2) is 0 Å². The molecule has 0 aromatic rings. The molecule has 0 aliphatic heterocycles. The Kier molecular flexibility index (Phi) is 81.1. The van der Waals surface area contributed by atoms with E-state index in [4.69, 9.17) is 28.3 Å². The Balaban J connectivity index is -0.0000000275. The number of alkyl halides is 2. The zero-order valence-corrected chi connectivity index (χ0v) is 7.38. The second-order valence-corrected chi connectivity index (χ2v) is 0.909. The number of hydrogen-bond acceptors (Lipinski definition) is 1. The third-order valence-electron chi connectivity index (χ3n) is 0. The fraction of sp³-hybridized carbons (Fsp3) is 1.00. The van der Waals surface area contributed by atoms with Gasteiger partial charge in [-0.05, 0) is 0 Å². The molecule has 0 bridgehead atoms. The standard InChI is InChI=1S/CH2Cl2.CH3O.Na/c2-1-3;1-2;/h1H2;1H3;/q;-1;+1. The van der Waals surface area contributed by atoms with Crippen LogP contribution in [-0.2, 0) is 0 Å². The van der Waals surface area contributed by atoms with Crippen molar-refractivity contribution in [2.24, 2.45) is 0 Å². The largest absolute Gasteiger partial charge is 1.00 e. The molecule has 0 fully saturated rings.